The van der Waals surface area contributed by atoms with Gasteiger partial charge in [0.15, 0.2) is 28.5 Å². The number of hydrogen-bond donors (Lipinski definition) is 1. The van der Waals surface area contributed by atoms with Crippen LogP contribution in [-0.2, 0) is 25.5 Å². The molecule has 9 nitrogen and oxygen atoms in total. The van der Waals surface area contributed by atoms with Crippen molar-refractivity contribution >= 4 is 29.6 Å². The molecule has 5 atom stereocenters. The maximum absolute atomic E-state index is 15.1. The summed E-state index contributed by atoms with van der Waals surface area (Å²) < 4.78 is 26.7. The minimum Gasteiger partial charge on any atom is -0.482 e. The fourth-order valence-electron chi connectivity index (χ4n) is 8.41. The summed E-state index contributed by atoms with van der Waals surface area (Å²) in [6.45, 7) is 16.6. The molecule has 1 aromatic rings. The van der Waals surface area contributed by atoms with Crippen LogP contribution in [0.15, 0.2) is 52.7 Å². The third-order valence-corrected chi connectivity index (χ3v) is 10.7. The Morgan fingerprint density at radius 2 is 1.67 bits per heavy atom. The van der Waals surface area contributed by atoms with Gasteiger partial charge < -0.3 is 24.1 Å². The van der Waals surface area contributed by atoms with E-state index in [-0.39, 0.29) is 40.4 Å². The van der Waals surface area contributed by atoms with E-state index in [1.807, 2.05) is 66.7 Å². The summed E-state index contributed by atoms with van der Waals surface area (Å²) in [7, 11) is 0. The summed E-state index contributed by atoms with van der Waals surface area (Å²) in [6, 6.07) is 0. The number of rotatable bonds is 9. The van der Waals surface area contributed by atoms with Crippen molar-refractivity contribution in [3.8, 4) is 17.2 Å². The zero-order valence-corrected chi connectivity index (χ0v) is 29.9. The average Bonchev–Trinajstić information content (AvgIpc) is 3.15. The number of carboxylic acids is 1. The van der Waals surface area contributed by atoms with Crippen LogP contribution in [0.1, 0.15) is 109 Å². The van der Waals surface area contributed by atoms with Gasteiger partial charge in [-0.25, -0.2) is 4.79 Å². The number of Topliss-reactive ketones (excluding diaryl/α,β-unsaturated/α-hetero) is 2. The van der Waals surface area contributed by atoms with Gasteiger partial charge in [0.25, 0.3) is 0 Å². The van der Waals surface area contributed by atoms with E-state index in [0.29, 0.717) is 36.1 Å². The molecule has 9 heteroatoms. The number of aliphatic carboxylic acids is 1. The molecule has 49 heavy (non-hydrogen) atoms. The Hall–Kier alpha value is -4.24. The quantitative estimate of drug-likeness (QED) is 0.123. The molecule has 1 aromatic carbocycles. The number of hydrogen-bond acceptors (Lipinski definition) is 8. The number of ketones is 2. The number of carbonyl (C=O) groups is 4. The Bertz CT molecular complexity index is 1840. The van der Waals surface area contributed by atoms with Crippen molar-refractivity contribution in [2.75, 3.05) is 0 Å². The first-order valence-corrected chi connectivity index (χ1v) is 17.0. The van der Waals surface area contributed by atoms with Crippen LogP contribution >= 0.6 is 0 Å². The Labute approximate surface area is 287 Å². The molecule has 3 aliphatic carbocycles. The van der Waals surface area contributed by atoms with Gasteiger partial charge in [0.2, 0.25) is 0 Å². The summed E-state index contributed by atoms with van der Waals surface area (Å²) >= 11 is 0. The van der Waals surface area contributed by atoms with Crippen molar-refractivity contribution < 1.29 is 43.2 Å². The maximum Gasteiger partial charge on any atom is 0.330 e. The van der Waals surface area contributed by atoms with E-state index in [4.69, 9.17) is 18.9 Å². The van der Waals surface area contributed by atoms with Gasteiger partial charge in [-0.05, 0) is 93.2 Å². The molecule has 1 N–H and O–H groups in total. The molecule has 1 saturated heterocycles. The highest BCUT2D eigenvalue weighted by molar-refractivity contribution is 6.19. The van der Waals surface area contributed by atoms with Gasteiger partial charge in [0.1, 0.15) is 22.7 Å². The van der Waals surface area contributed by atoms with E-state index in [2.05, 4.69) is 6.08 Å². The summed E-state index contributed by atoms with van der Waals surface area (Å²) in [4.78, 5) is 54.0. The van der Waals surface area contributed by atoms with Crippen molar-refractivity contribution in [1.82, 2.24) is 0 Å². The first kappa shape index (κ1) is 34.6. The molecule has 4 bridgehead atoms. The standard InChI is InChI=1S/C40H46O9/c1-21(2)11-10-16-38(9)17-15-27-32(47-38)26(13-12-22(3)4)34-30(33(27)46-24(6)41)31(42)28-19-25-20-29-37(7,8)49-39(35(25)43,40(28,29)48-34)18-14-23(5)36(44)45/h11-12,14-15,17,19,25,29H,10,13,16,18,20H2,1-9H3,(H,44,45)/b23-14-/t25-,29+,38-,39-,40-/m1/s1. The largest absolute Gasteiger partial charge is 0.482 e. The van der Waals surface area contributed by atoms with Crippen molar-refractivity contribution in [3.63, 3.8) is 0 Å². The summed E-state index contributed by atoms with van der Waals surface area (Å²) in [5, 5.41) is 9.70. The highest BCUT2D eigenvalue weighted by atomic mass is 16.6. The number of allylic oxidation sites excluding steroid dienone is 5. The van der Waals surface area contributed by atoms with Crippen LogP contribution in [0.4, 0.5) is 0 Å². The van der Waals surface area contributed by atoms with Crippen molar-refractivity contribution in [3.05, 3.63) is 69.4 Å². The molecule has 0 amide bonds. The fraction of sp³-hybridized carbons (Fsp3) is 0.500. The Kier molecular flexibility index (Phi) is 8.25. The Balaban J connectivity index is 1.64. The lowest BCUT2D eigenvalue weighted by Gasteiger charge is -2.56. The molecular formula is C40H46O9. The second-order valence-electron chi connectivity index (χ2n) is 15.3. The Morgan fingerprint density at radius 3 is 2.31 bits per heavy atom. The van der Waals surface area contributed by atoms with Crippen LogP contribution in [0.3, 0.4) is 0 Å². The van der Waals surface area contributed by atoms with Crippen LogP contribution in [0, 0.1) is 11.8 Å². The van der Waals surface area contributed by atoms with Crippen molar-refractivity contribution in [1.29, 1.82) is 0 Å². The topological polar surface area (TPSA) is 125 Å². The number of carbonyl (C=O) groups excluding carboxylic acids is 3. The third-order valence-electron chi connectivity index (χ3n) is 10.7. The molecule has 0 aromatic heterocycles. The van der Waals surface area contributed by atoms with Gasteiger partial charge in [-0.1, -0.05) is 35.5 Å². The molecule has 3 aliphatic heterocycles. The molecule has 3 heterocycles. The minimum absolute atomic E-state index is 0.0535. The molecule has 7 rings (SSSR count). The molecule has 1 saturated carbocycles. The highest BCUT2D eigenvalue weighted by Crippen LogP contribution is 2.68. The van der Waals surface area contributed by atoms with Crippen molar-refractivity contribution in [2.24, 2.45) is 11.8 Å². The predicted octanol–water partition coefficient (Wildman–Crippen LogP) is 7.46. The third kappa shape index (κ3) is 5.23. The summed E-state index contributed by atoms with van der Waals surface area (Å²) in [5.74, 6) is -2.71. The van der Waals surface area contributed by atoms with E-state index in [1.54, 1.807) is 6.08 Å². The number of esters is 1. The lowest BCUT2D eigenvalue weighted by Crippen LogP contribution is -2.72. The highest BCUT2D eigenvalue weighted by Gasteiger charge is 2.81. The van der Waals surface area contributed by atoms with Gasteiger partial charge in [0.05, 0.1) is 11.2 Å². The maximum atomic E-state index is 15.1. The Morgan fingerprint density at radius 1 is 0.980 bits per heavy atom. The van der Waals surface area contributed by atoms with Gasteiger partial charge >= 0.3 is 11.9 Å². The van der Waals surface area contributed by atoms with Crippen LogP contribution in [0.2, 0.25) is 0 Å². The van der Waals surface area contributed by atoms with Crippen LogP contribution in [-0.4, -0.2) is 51.0 Å². The fourth-order valence-corrected chi connectivity index (χ4v) is 8.41. The second-order valence-corrected chi connectivity index (χ2v) is 15.3. The van der Waals surface area contributed by atoms with E-state index in [1.165, 1.54) is 25.5 Å². The van der Waals surface area contributed by atoms with Crippen LogP contribution in [0.5, 0.6) is 17.2 Å². The van der Waals surface area contributed by atoms with E-state index in [0.717, 1.165) is 12.0 Å². The van der Waals surface area contributed by atoms with Gasteiger partial charge in [-0.2, -0.15) is 0 Å². The molecule has 0 unspecified atom stereocenters. The zero-order valence-electron chi connectivity index (χ0n) is 29.9. The predicted molar refractivity (Wildman–Crippen MR) is 184 cm³/mol. The minimum atomic E-state index is -1.66. The smallest absolute Gasteiger partial charge is 0.330 e. The molecule has 260 valence electrons. The number of fused-ring (bicyclic) bond motifs is 2. The lowest BCUT2D eigenvalue weighted by molar-refractivity contribution is -0.171. The normalized spacial score (nSPS) is 29.9. The lowest BCUT2D eigenvalue weighted by atomic mass is 9.51. The molecular weight excluding hydrogens is 624 g/mol. The monoisotopic (exact) mass is 670 g/mol. The summed E-state index contributed by atoms with van der Waals surface area (Å²) in [6.07, 6.45) is 13.3. The average molecular weight is 671 g/mol. The summed E-state index contributed by atoms with van der Waals surface area (Å²) in [5.41, 5.74) is -1.08. The molecule has 6 aliphatic rings. The first-order valence-electron chi connectivity index (χ1n) is 17.0. The van der Waals surface area contributed by atoms with E-state index >= 15 is 4.79 Å². The van der Waals surface area contributed by atoms with Gasteiger partial charge in [0, 0.05) is 41.9 Å². The number of carboxylic acid groups (broad SMARTS) is 1. The molecule has 1 spiro atoms. The van der Waals surface area contributed by atoms with Crippen LogP contribution < -0.4 is 14.2 Å². The molecule has 0 radical (unpaired) electrons. The van der Waals surface area contributed by atoms with Crippen molar-refractivity contribution in [2.45, 2.75) is 117 Å². The number of benzene rings is 1. The number of ether oxygens (including phenoxy) is 4. The van der Waals surface area contributed by atoms with E-state index in [9.17, 15) is 19.5 Å². The zero-order chi connectivity index (χ0) is 35.8. The first-order chi connectivity index (χ1) is 22.9. The second kappa shape index (κ2) is 11.7. The SMILES string of the molecule is CC(=O)Oc1c2c(c(CC=C(C)C)c3c1C(=O)C1=C[C@@H]4C[C@H]5C(C)(C)O[C@](C/C=C(/C)C(=O)O)(C4=O)[C@@]15O3)O[C@](C)(CCC=C(C)C)C=C2. The van der Waals surface area contributed by atoms with E-state index < -0.39 is 52.0 Å². The van der Waals surface area contributed by atoms with Gasteiger partial charge in [-0.15, -0.1) is 0 Å². The molecule has 2 fully saturated rings. The van der Waals surface area contributed by atoms with Crippen LogP contribution in [0.25, 0.3) is 6.08 Å². The van der Waals surface area contributed by atoms with Gasteiger partial charge in [-0.3, -0.25) is 14.4 Å².